The number of rotatable bonds is 5. The van der Waals surface area contributed by atoms with E-state index in [0.717, 1.165) is 23.4 Å². The van der Waals surface area contributed by atoms with Crippen molar-refractivity contribution >= 4 is 29.3 Å². The lowest BCUT2D eigenvalue weighted by atomic mass is 10.1. The molecular weight excluding hydrogens is 354 g/mol. The molecule has 0 aromatic heterocycles. The van der Waals surface area contributed by atoms with Gasteiger partial charge in [-0.3, -0.25) is 4.79 Å². The molecular formula is C22H21N3O3. The van der Waals surface area contributed by atoms with Crippen molar-refractivity contribution < 1.29 is 14.3 Å². The molecule has 0 saturated heterocycles. The number of nitriles is 1. The first kappa shape index (κ1) is 19.2. The smallest absolute Gasteiger partial charge is 0.349 e. The van der Waals surface area contributed by atoms with Gasteiger partial charge in [-0.2, -0.15) is 5.26 Å². The van der Waals surface area contributed by atoms with Gasteiger partial charge in [0, 0.05) is 32.0 Å². The molecule has 2 aromatic rings. The quantitative estimate of drug-likeness (QED) is 0.456. The van der Waals surface area contributed by atoms with E-state index in [2.05, 4.69) is 0 Å². The summed E-state index contributed by atoms with van der Waals surface area (Å²) >= 11 is 0. The normalized spacial score (nSPS) is 12.9. The lowest BCUT2D eigenvalue weighted by molar-refractivity contribution is -0.143. The van der Waals surface area contributed by atoms with Crippen LogP contribution in [0.3, 0.4) is 0 Å². The SMILES string of the molecule is CN(C)c1ccc(/C=C(\C#N)C(=O)OCC(=O)N2CCc3ccccc32)cc1. The second-order valence-electron chi connectivity index (χ2n) is 6.66. The molecule has 3 rings (SSSR count). The number of nitrogens with zero attached hydrogens (tertiary/aromatic N) is 3. The first-order valence-electron chi connectivity index (χ1n) is 8.94. The fraction of sp³-hybridized carbons (Fsp3) is 0.227. The minimum absolute atomic E-state index is 0.146. The van der Waals surface area contributed by atoms with Crippen LogP contribution in [-0.4, -0.2) is 39.1 Å². The molecule has 0 aliphatic carbocycles. The van der Waals surface area contributed by atoms with Crippen LogP contribution in [0.25, 0.3) is 6.08 Å². The molecule has 6 nitrogen and oxygen atoms in total. The number of hydrogen-bond donors (Lipinski definition) is 0. The third-order valence-corrected chi connectivity index (χ3v) is 4.58. The van der Waals surface area contributed by atoms with E-state index in [1.54, 1.807) is 4.90 Å². The van der Waals surface area contributed by atoms with Gasteiger partial charge < -0.3 is 14.5 Å². The van der Waals surface area contributed by atoms with Gasteiger partial charge in [0.05, 0.1) is 0 Å². The predicted molar refractivity (Wildman–Crippen MR) is 108 cm³/mol. The van der Waals surface area contributed by atoms with Gasteiger partial charge in [0.1, 0.15) is 11.6 Å². The molecule has 0 fully saturated rings. The number of carbonyl (C=O) groups excluding carboxylic acids is 2. The number of carbonyl (C=O) groups is 2. The Balaban J connectivity index is 1.63. The zero-order valence-corrected chi connectivity index (χ0v) is 15.9. The molecule has 6 heteroatoms. The van der Waals surface area contributed by atoms with Crippen LogP contribution in [0.1, 0.15) is 11.1 Å². The molecule has 1 aliphatic heterocycles. The third kappa shape index (κ3) is 4.21. The van der Waals surface area contributed by atoms with E-state index in [0.29, 0.717) is 12.1 Å². The maximum atomic E-state index is 12.4. The second kappa shape index (κ2) is 8.40. The summed E-state index contributed by atoms with van der Waals surface area (Å²) in [7, 11) is 3.86. The number of hydrogen-bond acceptors (Lipinski definition) is 5. The highest BCUT2D eigenvalue weighted by molar-refractivity contribution is 6.01. The van der Waals surface area contributed by atoms with Crippen molar-refractivity contribution in [3.63, 3.8) is 0 Å². The van der Waals surface area contributed by atoms with Crippen LogP contribution in [0, 0.1) is 11.3 Å². The highest BCUT2D eigenvalue weighted by Crippen LogP contribution is 2.27. The van der Waals surface area contributed by atoms with Gasteiger partial charge >= 0.3 is 5.97 Å². The average molecular weight is 375 g/mol. The van der Waals surface area contributed by atoms with Gasteiger partial charge in [-0.25, -0.2) is 4.79 Å². The van der Waals surface area contributed by atoms with Crippen LogP contribution in [-0.2, 0) is 20.7 Å². The Morgan fingerprint density at radius 2 is 1.89 bits per heavy atom. The zero-order chi connectivity index (χ0) is 20.1. The van der Waals surface area contributed by atoms with Crippen molar-refractivity contribution in [3.05, 3.63) is 65.2 Å². The summed E-state index contributed by atoms with van der Waals surface area (Å²) in [6, 6.07) is 16.9. The maximum absolute atomic E-state index is 12.4. The van der Waals surface area contributed by atoms with Crippen molar-refractivity contribution in [1.82, 2.24) is 0 Å². The number of fused-ring (bicyclic) bond motifs is 1. The van der Waals surface area contributed by atoms with E-state index in [1.165, 1.54) is 6.08 Å². The largest absolute Gasteiger partial charge is 0.451 e. The van der Waals surface area contributed by atoms with Gasteiger partial charge in [-0.05, 0) is 41.8 Å². The van der Waals surface area contributed by atoms with E-state index in [4.69, 9.17) is 4.74 Å². The molecule has 28 heavy (non-hydrogen) atoms. The van der Waals surface area contributed by atoms with Crippen LogP contribution in [0.4, 0.5) is 11.4 Å². The van der Waals surface area contributed by atoms with Crippen LogP contribution in [0.5, 0.6) is 0 Å². The molecule has 0 unspecified atom stereocenters. The minimum atomic E-state index is -0.806. The van der Waals surface area contributed by atoms with Crippen LogP contribution in [0.15, 0.2) is 54.1 Å². The van der Waals surface area contributed by atoms with E-state index < -0.39 is 12.6 Å². The highest BCUT2D eigenvalue weighted by Gasteiger charge is 2.25. The number of esters is 1. The fourth-order valence-electron chi connectivity index (χ4n) is 3.05. The van der Waals surface area contributed by atoms with Crippen LogP contribution < -0.4 is 9.80 Å². The molecule has 2 aromatic carbocycles. The predicted octanol–water partition coefficient (Wildman–Crippen LogP) is 2.79. The van der Waals surface area contributed by atoms with E-state index in [-0.39, 0.29) is 11.5 Å². The van der Waals surface area contributed by atoms with Gasteiger partial charge in [-0.15, -0.1) is 0 Å². The Bertz CT molecular complexity index is 956. The summed E-state index contributed by atoms with van der Waals surface area (Å²) in [5.74, 6) is -1.11. The number of amides is 1. The van der Waals surface area contributed by atoms with Crippen molar-refractivity contribution in [2.24, 2.45) is 0 Å². The summed E-state index contributed by atoms with van der Waals surface area (Å²) in [6.07, 6.45) is 2.24. The standard InChI is InChI=1S/C22H21N3O3/c1-24(2)19-9-7-16(8-10-19)13-18(14-23)22(27)28-15-21(26)25-12-11-17-5-3-4-6-20(17)25/h3-10,13H,11-12,15H2,1-2H3/b18-13+. The summed E-state index contributed by atoms with van der Waals surface area (Å²) in [6.45, 7) is 0.167. The van der Waals surface area contributed by atoms with Gasteiger partial charge in [0.25, 0.3) is 5.91 Å². The molecule has 0 radical (unpaired) electrons. The Morgan fingerprint density at radius 3 is 2.57 bits per heavy atom. The third-order valence-electron chi connectivity index (χ3n) is 4.58. The second-order valence-corrected chi connectivity index (χ2v) is 6.66. The number of ether oxygens (including phenoxy) is 1. The number of para-hydroxylation sites is 1. The molecule has 1 amide bonds. The van der Waals surface area contributed by atoms with E-state index in [1.807, 2.05) is 73.6 Å². The maximum Gasteiger partial charge on any atom is 0.349 e. The Kier molecular flexibility index (Phi) is 5.75. The summed E-state index contributed by atoms with van der Waals surface area (Å²) in [5.41, 5.74) is 3.52. The van der Waals surface area contributed by atoms with Gasteiger partial charge in [0.2, 0.25) is 0 Å². The molecule has 1 heterocycles. The summed E-state index contributed by atoms with van der Waals surface area (Å²) in [5, 5.41) is 9.28. The number of anilines is 2. The molecule has 0 N–H and O–H groups in total. The Morgan fingerprint density at radius 1 is 1.18 bits per heavy atom. The lowest BCUT2D eigenvalue weighted by Crippen LogP contribution is -2.33. The van der Waals surface area contributed by atoms with Crippen molar-refractivity contribution in [2.45, 2.75) is 6.42 Å². The van der Waals surface area contributed by atoms with Gasteiger partial charge in [0.15, 0.2) is 6.61 Å². The van der Waals surface area contributed by atoms with Crippen molar-refractivity contribution in [1.29, 1.82) is 5.26 Å². The molecule has 142 valence electrons. The molecule has 0 bridgehead atoms. The first-order valence-corrected chi connectivity index (χ1v) is 8.94. The summed E-state index contributed by atoms with van der Waals surface area (Å²) in [4.78, 5) is 28.2. The van der Waals surface area contributed by atoms with Gasteiger partial charge in [-0.1, -0.05) is 30.3 Å². The average Bonchev–Trinajstić information content (AvgIpc) is 3.14. The fourth-order valence-corrected chi connectivity index (χ4v) is 3.05. The highest BCUT2D eigenvalue weighted by atomic mass is 16.5. The lowest BCUT2D eigenvalue weighted by Gasteiger charge is -2.17. The molecule has 0 saturated carbocycles. The van der Waals surface area contributed by atoms with Crippen molar-refractivity contribution in [2.75, 3.05) is 37.0 Å². The monoisotopic (exact) mass is 375 g/mol. The van der Waals surface area contributed by atoms with Crippen LogP contribution >= 0.6 is 0 Å². The molecule has 1 aliphatic rings. The summed E-state index contributed by atoms with van der Waals surface area (Å²) < 4.78 is 5.09. The minimum Gasteiger partial charge on any atom is -0.451 e. The Labute approximate surface area is 164 Å². The molecule has 0 spiro atoms. The van der Waals surface area contributed by atoms with E-state index >= 15 is 0 Å². The zero-order valence-electron chi connectivity index (χ0n) is 15.9. The number of benzene rings is 2. The first-order chi connectivity index (χ1) is 13.5. The topological polar surface area (TPSA) is 73.6 Å². The van der Waals surface area contributed by atoms with Crippen molar-refractivity contribution in [3.8, 4) is 6.07 Å². The Hall–Kier alpha value is -3.59. The molecule has 0 atom stereocenters. The van der Waals surface area contributed by atoms with E-state index in [9.17, 15) is 14.9 Å². The van der Waals surface area contributed by atoms with Crippen LogP contribution in [0.2, 0.25) is 0 Å².